The summed E-state index contributed by atoms with van der Waals surface area (Å²) >= 11 is 13.4. The van der Waals surface area contributed by atoms with Gasteiger partial charge in [-0.3, -0.25) is 4.79 Å². The molecule has 1 heterocycles. The number of amides is 1. The lowest BCUT2D eigenvalue weighted by Gasteiger charge is -2.22. The molecule has 0 bridgehead atoms. The van der Waals surface area contributed by atoms with E-state index >= 15 is 0 Å². The highest BCUT2D eigenvalue weighted by Gasteiger charge is 2.21. The molecule has 128 valence electrons. The summed E-state index contributed by atoms with van der Waals surface area (Å²) in [4.78, 5) is 24.4. The molecule has 0 radical (unpaired) electrons. The number of thiophene rings is 1. The van der Waals surface area contributed by atoms with Crippen molar-refractivity contribution in [3.63, 3.8) is 0 Å². The normalized spacial score (nSPS) is 15.4. The quantitative estimate of drug-likeness (QED) is 0.767. The van der Waals surface area contributed by atoms with Crippen molar-refractivity contribution in [3.05, 3.63) is 33.1 Å². The monoisotopic (exact) mass is 385 g/mol. The Morgan fingerprint density at radius 2 is 1.96 bits per heavy atom. The molecule has 1 aliphatic rings. The van der Waals surface area contributed by atoms with Gasteiger partial charge in [0, 0.05) is 21.2 Å². The van der Waals surface area contributed by atoms with Gasteiger partial charge in [-0.25, -0.2) is 4.79 Å². The molecule has 24 heavy (non-hydrogen) atoms. The maximum atomic E-state index is 12.2. The molecule has 0 aliphatic heterocycles. The lowest BCUT2D eigenvalue weighted by molar-refractivity contribution is -0.125. The predicted molar refractivity (Wildman–Crippen MR) is 97.1 cm³/mol. The lowest BCUT2D eigenvalue weighted by atomic mass is 9.95. The van der Waals surface area contributed by atoms with Crippen molar-refractivity contribution >= 4 is 56.5 Å². The highest BCUT2D eigenvalue weighted by Crippen LogP contribution is 2.37. The number of carbonyl (C=O) groups is 2. The molecule has 7 heteroatoms. The first kappa shape index (κ1) is 17.5. The van der Waals surface area contributed by atoms with Crippen LogP contribution in [0.4, 0.5) is 0 Å². The Morgan fingerprint density at radius 3 is 2.71 bits per heavy atom. The summed E-state index contributed by atoms with van der Waals surface area (Å²) in [5, 5.41) is 4.58. The van der Waals surface area contributed by atoms with E-state index in [2.05, 4.69) is 5.32 Å². The first-order valence-corrected chi connectivity index (χ1v) is 9.46. The second kappa shape index (κ2) is 7.72. The van der Waals surface area contributed by atoms with Crippen LogP contribution in [0.25, 0.3) is 10.1 Å². The Morgan fingerprint density at radius 1 is 1.21 bits per heavy atom. The van der Waals surface area contributed by atoms with E-state index in [0.29, 0.717) is 14.9 Å². The summed E-state index contributed by atoms with van der Waals surface area (Å²) in [6, 6.07) is 5.43. The zero-order chi connectivity index (χ0) is 17.1. The molecule has 3 rings (SSSR count). The van der Waals surface area contributed by atoms with Crippen LogP contribution in [0.5, 0.6) is 0 Å². The minimum Gasteiger partial charge on any atom is -0.451 e. The van der Waals surface area contributed by atoms with Crippen molar-refractivity contribution in [1.29, 1.82) is 0 Å². The maximum Gasteiger partial charge on any atom is 0.350 e. The van der Waals surface area contributed by atoms with E-state index in [1.54, 1.807) is 18.2 Å². The van der Waals surface area contributed by atoms with E-state index in [0.717, 1.165) is 35.8 Å². The standard InChI is InChI=1S/C17H17Cl2NO3S/c18-10-6-7-12-13(8-10)24-16(15(12)19)17(22)23-9-14(21)20-11-4-2-1-3-5-11/h6-8,11H,1-5,9H2,(H,20,21). The van der Waals surface area contributed by atoms with Crippen LogP contribution < -0.4 is 5.32 Å². The van der Waals surface area contributed by atoms with Crippen LogP contribution in [0.1, 0.15) is 41.8 Å². The van der Waals surface area contributed by atoms with Crippen molar-refractivity contribution in [3.8, 4) is 0 Å². The zero-order valence-corrected chi connectivity index (χ0v) is 15.3. The number of ether oxygens (including phenoxy) is 1. The number of hydrogen-bond acceptors (Lipinski definition) is 4. The molecular formula is C17H17Cl2NO3S. The summed E-state index contributed by atoms with van der Waals surface area (Å²) in [7, 11) is 0. The van der Waals surface area contributed by atoms with Crippen LogP contribution in [-0.4, -0.2) is 24.5 Å². The number of nitrogens with one attached hydrogen (secondary N) is 1. The average molecular weight is 386 g/mol. The van der Waals surface area contributed by atoms with Gasteiger partial charge in [-0.2, -0.15) is 0 Å². The minimum atomic E-state index is -0.587. The van der Waals surface area contributed by atoms with Gasteiger partial charge in [0.2, 0.25) is 0 Å². The molecule has 0 saturated heterocycles. The summed E-state index contributed by atoms with van der Waals surface area (Å²) in [6.07, 6.45) is 5.45. The van der Waals surface area contributed by atoms with Crippen molar-refractivity contribution in [1.82, 2.24) is 5.32 Å². The first-order chi connectivity index (χ1) is 11.5. The van der Waals surface area contributed by atoms with Gasteiger partial charge in [0.25, 0.3) is 5.91 Å². The molecule has 0 atom stereocenters. The Labute approximate surface area is 154 Å². The minimum absolute atomic E-state index is 0.194. The molecule has 1 aromatic carbocycles. The third-order valence-corrected chi connectivity index (χ3v) is 5.95. The number of carbonyl (C=O) groups excluding carboxylic acids is 2. The van der Waals surface area contributed by atoms with Gasteiger partial charge < -0.3 is 10.1 Å². The molecule has 1 N–H and O–H groups in total. The molecule has 2 aromatic rings. The third-order valence-electron chi connectivity index (χ3n) is 4.08. The van der Waals surface area contributed by atoms with Gasteiger partial charge in [-0.1, -0.05) is 48.5 Å². The molecule has 1 saturated carbocycles. The molecule has 1 amide bonds. The van der Waals surface area contributed by atoms with E-state index < -0.39 is 5.97 Å². The fraction of sp³-hybridized carbons (Fsp3) is 0.412. The van der Waals surface area contributed by atoms with Gasteiger partial charge in [0.1, 0.15) is 4.88 Å². The molecule has 0 unspecified atom stereocenters. The van der Waals surface area contributed by atoms with Gasteiger partial charge in [-0.15, -0.1) is 11.3 Å². The van der Waals surface area contributed by atoms with Gasteiger partial charge >= 0.3 is 5.97 Å². The highest BCUT2D eigenvalue weighted by atomic mass is 35.5. The summed E-state index contributed by atoms with van der Waals surface area (Å²) in [5.41, 5.74) is 0. The fourth-order valence-corrected chi connectivity index (χ4v) is 4.56. The van der Waals surface area contributed by atoms with Crippen LogP contribution in [0.2, 0.25) is 10.0 Å². The van der Waals surface area contributed by atoms with Gasteiger partial charge in [0.15, 0.2) is 6.61 Å². The lowest BCUT2D eigenvalue weighted by Crippen LogP contribution is -2.38. The van der Waals surface area contributed by atoms with Crippen LogP contribution in [0, 0.1) is 0 Å². The van der Waals surface area contributed by atoms with Gasteiger partial charge in [0.05, 0.1) is 5.02 Å². The summed E-state index contributed by atoms with van der Waals surface area (Å²) < 4.78 is 5.93. The van der Waals surface area contributed by atoms with Crippen LogP contribution in [0.15, 0.2) is 18.2 Å². The Hall–Kier alpha value is -1.30. The highest BCUT2D eigenvalue weighted by molar-refractivity contribution is 7.21. The Bertz CT molecular complexity index is 769. The molecule has 0 spiro atoms. The Balaban J connectivity index is 1.60. The van der Waals surface area contributed by atoms with Crippen LogP contribution in [-0.2, 0) is 9.53 Å². The van der Waals surface area contributed by atoms with E-state index in [-0.39, 0.29) is 18.6 Å². The molecule has 4 nitrogen and oxygen atoms in total. The largest absolute Gasteiger partial charge is 0.451 e. The molecule has 1 fully saturated rings. The number of rotatable bonds is 4. The number of hydrogen-bond donors (Lipinski definition) is 1. The predicted octanol–water partition coefficient (Wildman–Crippen LogP) is 4.81. The van der Waals surface area contributed by atoms with E-state index in [4.69, 9.17) is 27.9 Å². The van der Waals surface area contributed by atoms with Crippen molar-refractivity contribution < 1.29 is 14.3 Å². The first-order valence-electron chi connectivity index (χ1n) is 7.88. The third kappa shape index (κ3) is 4.02. The Kier molecular flexibility index (Phi) is 5.64. The number of benzene rings is 1. The van der Waals surface area contributed by atoms with E-state index in [1.165, 1.54) is 17.8 Å². The molecule has 1 aliphatic carbocycles. The van der Waals surface area contributed by atoms with E-state index in [1.807, 2.05) is 0 Å². The van der Waals surface area contributed by atoms with Crippen molar-refractivity contribution in [2.24, 2.45) is 0 Å². The van der Waals surface area contributed by atoms with Gasteiger partial charge in [-0.05, 0) is 25.0 Å². The number of halogens is 2. The number of esters is 1. The second-order valence-corrected chi connectivity index (χ2v) is 7.73. The zero-order valence-electron chi connectivity index (χ0n) is 12.9. The number of fused-ring (bicyclic) bond motifs is 1. The topological polar surface area (TPSA) is 55.4 Å². The SMILES string of the molecule is O=C(COC(=O)c1sc2cc(Cl)ccc2c1Cl)NC1CCCCC1. The van der Waals surface area contributed by atoms with Crippen LogP contribution in [0.3, 0.4) is 0 Å². The van der Waals surface area contributed by atoms with Crippen LogP contribution >= 0.6 is 34.5 Å². The van der Waals surface area contributed by atoms with Crippen molar-refractivity contribution in [2.45, 2.75) is 38.1 Å². The summed E-state index contributed by atoms with van der Waals surface area (Å²) in [6.45, 7) is -0.291. The van der Waals surface area contributed by atoms with Crippen molar-refractivity contribution in [2.75, 3.05) is 6.61 Å². The maximum absolute atomic E-state index is 12.2. The second-order valence-electron chi connectivity index (χ2n) is 5.86. The smallest absolute Gasteiger partial charge is 0.350 e. The molecular weight excluding hydrogens is 369 g/mol. The van der Waals surface area contributed by atoms with E-state index in [9.17, 15) is 9.59 Å². The average Bonchev–Trinajstić information content (AvgIpc) is 2.90. The fourth-order valence-electron chi connectivity index (χ4n) is 2.88. The summed E-state index contributed by atoms with van der Waals surface area (Å²) in [5.74, 6) is -0.855. The molecule has 1 aromatic heterocycles.